The van der Waals surface area contributed by atoms with E-state index < -0.39 is 5.97 Å². The number of nitrogens with one attached hydrogen (secondary N) is 1. The number of hydrogen-bond acceptors (Lipinski definition) is 10. The Balaban J connectivity index is 1.42. The third-order valence-corrected chi connectivity index (χ3v) is 6.51. The predicted octanol–water partition coefficient (Wildman–Crippen LogP) is 2.35. The third-order valence-electron chi connectivity index (χ3n) is 5.53. The molecule has 1 aromatic carbocycles. The van der Waals surface area contributed by atoms with E-state index in [-0.39, 0.29) is 21.9 Å². The van der Waals surface area contributed by atoms with Crippen LogP contribution in [0.15, 0.2) is 38.8 Å². The molecule has 1 saturated heterocycles. The molecule has 0 saturated carbocycles. The van der Waals surface area contributed by atoms with Gasteiger partial charge in [0.1, 0.15) is 17.7 Å². The van der Waals surface area contributed by atoms with E-state index in [4.69, 9.17) is 14.1 Å². The van der Waals surface area contributed by atoms with Gasteiger partial charge in [-0.25, -0.2) is 15.2 Å². The monoisotopic (exact) mass is 467 g/mol. The number of ether oxygens (including phenoxy) is 1. The van der Waals surface area contributed by atoms with Crippen LogP contribution in [0.3, 0.4) is 0 Å². The summed E-state index contributed by atoms with van der Waals surface area (Å²) in [6.45, 7) is 2.86. The molecule has 0 aliphatic carbocycles. The number of carboxylic acid groups (broad SMARTS) is 1. The number of aromatic carboxylic acids is 1. The van der Waals surface area contributed by atoms with Gasteiger partial charge in [0.05, 0.1) is 41.6 Å². The van der Waals surface area contributed by atoms with Crippen LogP contribution in [-0.4, -0.2) is 59.3 Å². The number of hydrazone groups is 1. The minimum Gasteiger partial charge on any atom is -0.478 e. The first kappa shape index (κ1) is 21.4. The minimum absolute atomic E-state index is 0.0123. The summed E-state index contributed by atoms with van der Waals surface area (Å²) in [5.41, 5.74) is 5.13. The summed E-state index contributed by atoms with van der Waals surface area (Å²) in [7, 11) is 0. The molecule has 10 nitrogen and oxygen atoms in total. The van der Waals surface area contributed by atoms with E-state index in [9.17, 15) is 14.7 Å². The first-order valence-electron chi connectivity index (χ1n) is 10.5. The van der Waals surface area contributed by atoms with Gasteiger partial charge in [0.15, 0.2) is 0 Å². The lowest BCUT2D eigenvalue weighted by Gasteiger charge is -2.31. The van der Waals surface area contributed by atoms with Gasteiger partial charge in [0.2, 0.25) is 11.4 Å². The normalized spacial score (nSPS) is 16.2. The summed E-state index contributed by atoms with van der Waals surface area (Å²) < 4.78 is 10.9. The van der Waals surface area contributed by atoms with Crippen LogP contribution in [-0.2, 0) is 16.9 Å². The number of anilines is 2. The fourth-order valence-corrected chi connectivity index (χ4v) is 4.81. The topological polar surface area (TPSA) is 130 Å². The van der Waals surface area contributed by atoms with Crippen molar-refractivity contribution in [2.24, 2.45) is 5.10 Å². The zero-order valence-corrected chi connectivity index (χ0v) is 18.4. The van der Waals surface area contributed by atoms with Crippen molar-refractivity contribution in [1.29, 1.82) is 0 Å². The number of thioether (sulfide) groups is 1. The first-order chi connectivity index (χ1) is 16.1. The molecule has 11 heteroatoms. The Morgan fingerprint density at radius 2 is 2.12 bits per heavy atom. The average molecular weight is 468 g/mol. The highest BCUT2D eigenvalue weighted by Gasteiger charge is 2.23. The molecule has 33 heavy (non-hydrogen) atoms. The summed E-state index contributed by atoms with van der Waals surface area (Å²) in [6.07, 6.45) is 3.48. The molecule has 0 spiro atoms. The zero-order valence-electron chi connectivity index (χ0n) is 17.6. The van der Waals surface area contributed by atoms with Crippen LogP contribution in [0.1, 0.15) is 27.2 Å². The van der Waals surface area contributed by atoms with Crippen molar-refractivity contribution in [3.63, 3.8) is 0 Å². The Bertz CT molecular complexity index is 1300. The second-order valence-corrected chi connectivity index (χ2v) is 8.71. The molecule has 0 amide bonds. The van der Waals surface area contributed by atoms with Crippen LogP contribution in [0, 0.1) is 0 Å². The van der Waals surface area contributed by atoms with Crippen molar-refractivity contribution >= 4 is 46.7 Å². The number of hydrogen-bond donors (Lipinski definition) is 2. The van der Waals surface area contributed by atoms with Crippen molar-refractivity contribution < 1.29 is 19.1 Å². The zero-order chi connectivity index (χ0) is 22.8. The van der Waals surface area contributed by atoms with Gasteiger partial charge in [-0.3, -0.25) is 4.79 Å². The number of fused-ring (bicyclic) bond motifs is 2. The number of nitrogens with zero attached hydrogens (tertiary/aromatic N) is 4. The molecule has 2 N–H and O–H groups in total. The lowest BCUT2D eigenvalue weighted by Crippen LogP contribution is -2.38. The van der Waals surface area contributed by atoms with Crippen molar-refractivity contribution in [2.45, 2.75) is 12.2 Å². The molecule has 2 aromatic heterocycles. The molecule has 2 aliphatic rings. The van der Waals surface area contributed by atoms with Crippen LogP contribution >= 0.6 is 11.8 Å². The summed E-state index contributed by atoms with van der Waals surface area (Å²) >= 11 is 1.87. The Morgan fingerprint density at radius 3 is 2.94 bits per heavy atom. The van der Waals surface area contributed by atoms with Gasteiger partial charge in [0, 0.05) is 24.4 Å². The molecular weight excluding hydrogens is 446 g/mol. The summed E-state index contributed by atoms with van der Waals surface area (Å²) in [4.78, 5) is 35.5. The molecule has 3 aromatic rings. The maximum absolute atomic E-state index is 12.8. The standard InChI is InChI=1S/C22H21N5O5S/c28-19-14(11-32-18-2-1-13(21(29)30)9-15(18)19)10-23-26-22-24-17-3-8-33-12-16(17)20(25-22)27-4-6-31-7-5-27/h1-2,9-11H,3-8,12H2,(H,29,30)(H,24,25,26)/b23-10+. The van der Waals surface area contributed by atoms with E-state index in [0.29, 0.717) is 24.7 Å². The SMILES string of the molecule is O=C(O)c1ccc2occ(/C=N/Nc3nc4c(c(N5CCOCC5)n3)CSCC4)c(=O)c2c1. The van der Waals surface area contributed by atoms with Gasteiger partial charge >= 0.3 is 5.97 Å². The van der Waals surface area contributed by atoms with Gasteiger partial charge in [-0.2, -0.15) is 21.8 Å². The van der Waals surface area contributed by atoms with E-state index in [1.165, 1.54) is 30.7 Å². The van der Waals surface area contributed by atoms with Gasteiger partial charge in [-0.15, -0.1) is 0 Å². The molecule has 1 fully saturated rings. The van der Waals surface area contributed by atoms with Crippen molar-refractivity contribution in [3.05, 3.63) is 57.1 Å². The number of carboxylic acids is 1. The summed E-state index contributed by atoms with van der Waals surface area (Å²) in [5.74, 6) is 2.03. The Labute approximate surface area is 192 Å². The Hall–Kier alpha value is -3.44. The van der Waals surface area contributed by atoms with Crippen molar-refractivity contribution in [1.82, 2.24) is 9.97 Å². The number of aryl methyl sites for hydroxylation is 1. The van der Waals surface area contributed by atoms with Gasteiger partial charge in [-0.05, 0) is 30.4 Å². The maximum Gasteiger partial charge on any atom is 0.335 e. The smallest absolute Gasteiger partial charge is 0.335 e. The molecule has 0 atom stereocenters. The van der Waals surface area contributed by atoms with E-state index in [2.05, 4.69) is 20.4 Å². The van der Waals surface area contributed by atoms with Crippen LogP contribution in [0.4, 0.5) is 11.8 Å². The lowest BCUT2D eigenvalue weighted by molar-refractivity contribution is 0.0697. The van der Waals surface area contributed by atoms with E-state index >= 15 is 0 Å². The van der Waals surface area contributed by atoms with Gasteiger partial charge in [0.25, 0.3) is 0 Å². The minimum atomic E-state index is -1.11. The molecule has 2 aliphatic heterocycles. The number of benzene rings is 1. The molecule has 4 heterocycles. The fraction of sp³-hybridized carbons (Fsp3) is 0.318. The molecule has 0 unspecified atom stereocenters. The van der Waals surface area contributed by atoms with E-state index in [1.807, 2.05) is 11.8 Å². The van der Waals surface area contributed by atoms with Gasteiger partial charge < -0.3 is 19.2 Å². The number of rotatable bonds is 5. The lowest BCUT2D eigenvalue weighted by atomic mass is 10.1. The number of carbonyl (C=O) groups is 1. The van der Waals surface area contributed by atoms with Crippen LogP contribution in [0.5, 0.6) is 0 Å². The number of morpholine rings is 1. The molecule has 5 rings (SSSR count). The quantitative estimate of drug-likeness (QED) is 0.426. The number of aromatic nitrogens is 2. The van der Waals surface area contributed by atoms with E-state index in [0.717, 1.165) is 48.1 Å². The predicted molar refractivity (Wildman–Crippen MR) is 126 cm³/mol. The highest BCUT2D eigenvalue weighted by Crippen LogP contribution is 2.31. The van der Waals surface area contributed by atoms with Crippen molar-refractivity contribution in [3.8, 4) is 0 Å². The molecule has 170 valence electrons. The van der Waals surface area contributed by atoms with Gasteiger partial charge in [-0.1, -0.05) is 0 Å². The largest absolute Gasteiger partial charge is 0.478 e. The third kappa shape index (κ3) is 4.41. The Kier molecular flexibility index (Phi) is 5.97. The second-order valence-electron chi connectivity index (χ2n) is 7.60. The highest BCUT2D eigenvalue weighted by molar-refractivity contribution is 7.98. The van der Waals surface area contributed by atoms with Crippen LogP contribution in [0.2, 0.25) is 0 Å². The van der Waals surface area contributed by atoms with E-state index in [1.54, 1.807) is 0 Å². The molecular formula is C22H21N5O5S. The van der Waals surface area contributed by atoms with Crippen LogP contribution < -0.4 is 15.8 Å². The molecule has 0 radical (unpaired) electrons. The fourth-order valence-electron chi connectivity index (χ4n) is 3.83. The average Bonchev–Trinajstić information content (AvgIpc) is 2.85. The maximum atomic E-state index is 12.8. The molecule has 0 bridgehead atoms. The first-order valence-corrected chi connectivity index (χ1v) is 11.6. The second kappa shape index (κ2) is 9.20. The van der Waals surface area contributed by atoms with Crippen molar-refractivity contribution in [2.75, 3.05) is 42.4 Å². The highest BCUT2D eigenvalue weighted by atomic mass is 32.2. The summed E-state index contributed by atoms with van der Waals surface area (Å²) in [5, 5.41) is 13.5. The summed E-state index contributed by atoms with van der Waals surface area (Å²) in [6, 6.07) is 4.15. The Morgan fingerprint density at radius 1 is 1.27 bits per heavy atom. The van der Waals surface area contributed by atoms with Crippen LogP contribution in [0.25, 0.3) is 11.0 Å².